The summed E-state index contributed by atoms with van der Waals surface area (Å²) in [7, 11) is 0. The third kappa shape index (κ3) is 5.14. The van der Waals surface area contributed by atoms with E-state index >= 15 is 0 Å². The molecule has 0 saturated heterocycles. The van der Waals surface area contributed by atoms with Gasteiger partial charge in [-0.1, -0.05) is 13.8 Å². The van der Waals surface area contributed by atoms with Crippen LogP contribution in [0.4, 0.5) is 0 Å². The van der Waals surface area contributed by atoms with Gasteiger partial charge in [0, 0.05) is 6.54 Å². The molecule has 0 bridgehead atoms. The zero-order valence-corrected chi connectivity index (χ0v) is 10.5. The molecule has 0 aliphatic rings. The highest BCUT2D eigenvalue weighted by Gasteiger charge is 2.28. The van der Waals surface area contributed by atoms with E-state index in [9.17, 15) is 9.90 Å². The zero-order chi connectivity index (χ0) is 12.1. The zero-order valence-electron chi connectivity index (χ0n) is 10.5. The molecule has 1 unspecified atom stereocenters. The smallest absolute Gasteiger partial charge is 0.239 e. The normalized spacial score (nSPS) is 15.9. The molecule has 3 N–H and O–H groups in total. The summed E-state index contributed by atoms with van der Waals surface area (Å²) < 4.78 is 0. The van der Waals surface area contributed by atoms with Crippen LogP contribution in [0.5, 0.6) is 0 Å². The van der Waals surface area contributed by atoms with Crippen molar-refractivity contribution >= 4 is 5.91 Å². The van der Waals surface area contributed by atoms with E-state index in [2.05, 4.69) is 10.6 Å². The second-order valence-electron chi connectivity index (χ2n) is 4.69. The number of nitrogens with one attached hydrogen (secondary N) is 2. The Balaban J connectivity index is 4.14. The van der Waals surface area contributed by atoms with E-state index in [1.54, 1.807) is 6.92 Å². The van der Waals surface area contributed by atoms with Crippen molar-refractivity contribution in [3.05, 3.63) is 0 Å². The fourth-order valence-corrected chi connectivity index (χ4v) is 1.14. The molecular formula is C11H24N2O2. The third-order valence-electron chi connectivity index (χ3n) is 2.58. The number of hydrogen-bond donors (Lipinski definition) is 3. The van der Waals surface area contributed by atoms with Crippen LogP contribution in [0, 0.1) is 0 Å². The molecule has 0 heterocycles. The fraction of sp³-hybridized carbons (Fsp3) is 0.909. The highest BCUT2D eigenvalue weighted by atomic mass is 16.3. The van der Waals surface area contributed by atoms with E-state index in [0.29, 0.717) is 6.42 Å². The Labute approximate surface area is 92.4 Å². The number of hydrogen-bond acceptors (Lipinski definition) is 3. The van der Waals surface area contributed by atoms with Crippen molar-refractivity contribution in [1.82, 2.24) is 10.6 Å². The van der Waals surface area contributed by atoms with Gasteiger partial charge in [-0.3, -0.25) is 4.79 Å². The maximum Gasteiger partial charge on any atom is 0.239 e. The van der Waals surface area contributed by atoms with E-state index in [1.165, 1.54) is 0 Å². The minimum atomic E-state index is -0.821. The van der Waals surface area contributed by atoms with Crippen LogP contribution in [0.1, 0.15) is 41.0 Å². The van der Waals surface area contributed by atoms with Crippen molar-refractivity contribution in [3.8, 4) is 0 Å². The molecule has 0 aliphatic heterocycles. The van der Waals surface area contributed by atoms with Crippen molar-refractivity contribution in [2.45, 2.75) is 52.2 Å². The fourth-order valence-electron chi connectivity index (χ4n) is 1.14. The summed E-state index contributed by atoms with van der Waals surface area (Å²) in [5.74, 6) is -0.0851. The van der Waals surface area contributed by atoms with Crippen molar-refractivity contribution in [3.63, 3.8) is 0 Å². The maximum atomic E-state index is 11.7. The SMILES string of the molecule is CCNC(C)(C)C(=O)NCC(C)(O)CC. The molecule has 90 valence electrons. The molecule has 0 radical (unpaired) electrons. The molecule has 0 spiro atoms. The van der Waals surface area contributed by atoms with Crippen molar-refractivity contribution < 1.29 is 9.90 Å². The quantitative estimate of drug-likeness (QED) is 0.611. The Bertz CT molecular complexity index is 213. The molecule has 0 saturated carbocycles. The van der Waals surface area contributed by atoms with Crippen LogP contribution in [0.25, 0.3) is 0 Å². The molecule has 4 heteroatoms. The molecule has 15 heavy (non-hydrogen) atoms. The number of amides is 1. The molecule has 0 aromatic carbocycles. The van der Waals surface area contributed by atoms with Crippen LogP contribution in [0.3, 0.4) is 0 Å². The predicted molar refractivity (Wildman–Crippen MR) is 61.7 cm³/mol. The monoisotopic (exact) mass is 216 g/mol. The molecule has 0 aromatic heterocycles. The number of rotatable bonds is 6. The van der Waals surface area contributed by atoms with Gasteiger partial charge in [-0.2, -0.15) is 0 Å². The van der Waals surface area contributed by atoms with Crippen LogP contribution in [-0.2, 0) is 4.79 Å². The van der Waals surface area contributed by atoms with Crippen molar-refractivity contribution in [1.29, 1.82) is 0 Å². The van der Waals surface area contributed by atoms with E-state index < -0.39 is 11.1 Å². The minimum absolute atomic E-state index is 0.0851. The second kappa shape index (κ2) is 5.47. The number of carbonyl (C=O) groups excluding carboxylic acids is 1. The highest BCUT2D eigenvalue weighted by Crippen LogP contribution is 2.07. The topological polar surface area (TPSA) is 61.4 Å². The molecular weight excluding hydrogens is 192 g/mol. The van der Waals surface area contributed by atoms with Gasteiger partial charge < -0.3 is 15.7 Å². The second-order valence-corrected chi connectivity index (χ2v) is 4.69. The Morgan fingerprint density at radius 3 is 2.20 bits per heavy atom. The highest BCUT2D eigenvalue weighted by molar-refractivity contribution is 5.85. The van der Waals surface area contributed by atoms with Crippen LogP contribution < -0.4 is 10.6 Å². The summed E-state index contributed by atoms with van der Waals surface area (Å²) in [5, 5.41) is 15.6. The Morgan fingerprint density at radius 1 is 1.27 bits per heavy atom. The van der Waals surface area contributed by atoms with E-state index in [0.717, 1.165) is 6.54 Å². The van der Waals surface area contributed by atoms with Crippen molar-refractivity contribution in [2.24, 2.45) is 0 Å². The van der Waals surface area contributed by atoms with Crippen molar-refractivity contribution in [2.75, 3.05) is 13.1 Å². The summed E-state index contributed by atoms with van der Waals surface area (Å²) in [6, 6.07) is 0. The largest absolute Gasteiger partial charge is 0.388 e. The molecule has 4 nitrogen and oxygen atoms in total. The van der Waals surface area contributed by atoms with E-state index in [1.807, 2.05) is 27.7 Å². The lowest BCUT2D eigenvalue weighted by molar-refractivity contribution is -0.127. The molecule has 1 atom stereocenters. The number of carbonyl (C=O) groups is 1. The van der Waals surface area contributed by atoms with Crippen LogP contribution in [0.15, 0.2) is 0 Å². The van der Waals surface area contributed by atoms with Gasteiger partial charge in [0.25, 0.3) is 0 Å². The molecule has 0 aliphatic carbocycles. The van der Waals surface area contributed by atoms with Gasteiger partial charge in [-0.05, 0) is 33.7 Å². The first kappa shape index (κ1) is 14.4. The van der Waals surface area contributed by atoms with Crippen LogP contribution >= 0.6 is 0 Å². The number of aliphatic hydroxyl groups is 1. The molecule has 0 aromatic rings. The van der Waals surface area contributed by atoms with Gasteiger partial charge in [0.2, 0.25) is 5.91 Å². The number of likely N-dealkylation sites (N-methyl/N-ethyl adjacent to an activating group) is 1. The van der Waals surface area contributed by atoms with Gasteiger partial charge >= 0.3 is 0 Å². The lowest BCUT2D eigenvalue weighted by atomic mass is 10.0. The minimum Gasteiger partial charge on any atom is -0.388 e. The first-order chi connectivity index (χ1) is 6.75. The van der Waals surface area contributed by atoms with Gasteiger partial charge in [0.1, 0.15) is 0 Å². The standard InChI is InChI=1S/C11H24N2O2/c1-6-11(5,15)8-12-9(14)10(3,4)13-7-2/h13,15H,6-8H2,1-5H3,(H,12,14). The summed E-state index contributed by atoms with van der Waals surface area (Å²) in [4.78, 5) is 11.7. The first-order valence-electron chi connectivity index (χ1n) is 5.51. The molecule has 0 fully saturated rings. The Kier molecular flexibility index (Phi) is 5.24. The lowest BCUT2D eigenvalue weighted by Crippen LogP contribution is -2.55. The summed E-state index contributed by atoms with van der Waals surface area (Å²) in [6.07, 6.45) is 0.620. The van der Waals surface area contributed by atoms with Gasteiger partial charge in [-0.25, -0.2) is 0 Å². The van der Waals surface area contributed by atoms with Gasteiger partial charge in [0.15, 0.2) is 0 Å². The van der Waals surface area contributed by atoms with Crippen LogP contribution in [-0.4, -0.2) is 35.2 Å². The van der Waals surface area contributed by atoms with Gasteiger partial charge in [0.05, 0.1) is 11.1 Å². The van der Waals surface area contributed by atoms with E-state index in [-0.39, 0.29) is 12.5 Å². The predicted octanol–water partition coefficient (Wildman–Crippen LogP) is 0.652. The Morgan fingerprint density at radius 2 is 1.80 bits per heavy atom. The third-order valence-corrected chi connectivity index (χ3v) is 2.58. The molecule has 1 amide bonds. The summed E-state index contributed by atoms with van der Waals surface area (Å²) >= 11 is 0. The summed E-state index contributed by atoms with van der Waals surface area (Å²) in [5.41, 5.74) is -1.41. The Hall–Kier alpha value is -0.610. The maximum absolute atomic E-state index is 11.7. The van der Waals surface area contributed by atoms with E-state index in [4.69, 9.17) is 0 Å². The average molecular weight is 216 g/mol. The van der Waals surface area contributed by atoms with Crippen LogP contribution in [0.2, 0.25) is 0 Å². The lowest BCUT2D eigenvalue weighted by Gasteiger charge is -2.28. The van der Waals surface area contributed by atoms with Gasteiger partial charge in [-0.15, -0.1) is 0 Å². The summed E-state index contributed by atoms with van der Waals surface area (Å²) in [6.45, 7) is 10.2. The molecule has 0 rings (SSSR count). The average Bonchev–Trinajstić information content (AvgIpc) is 2.14. The first-order valence-corrected chi connectivity index (χ1v) is 5.51.